The van der Waals surface area contributed by atoms with Crippen LogP contribution in [-0.2, 0) is 12.3 Å². The first kappa shape index (κ1) is 17.8. The van der Waals surface area contributed by atoms with E-state index in [1.54, 1.807) is 6.07 Å². The highest BCUT2D eigenvalue weighted by atomic mass is 35.5. The van der Waals surface area contributed by atoms with E-state index >= 15 is 0 Å². The minimum Gasteiger partial charge on any atom is -0.441 e. The summed E-state index contributed by atoms with van der Waals surface area (Å²) in [5.74, 6) is 1.78. The Morgan fingerprint density at radius 3 is 2.89 bits per heavy atom. The number of hydrogen-bond acceptors (Lipinski definition) is 6. The molecule has 0 unspecified atom stereocenters. The van der Waals surface area contributed by atoms with Crippen LogP contribution in [0, 0.1) is 6.92 Å². The summed E-state index contributed by atoms with van der Waals surface area (Å²) in [6, 6.07) is 7.44. The summed E-state index contributed by atoms with van der Waals surface area (Å²) in [6.45, 7) is 4.53. The van der Waals surface area contributed by atoms with Crippen LogP contribution in [-0.4, -0.2) is 24.5 Å². The number of thioether (sulfide) groups is 1. The highest BCUT2D eigenvalue weighted by Gasteiger charge is 2.17. The van der Waals surface area contributed by atoms with Gasteiger partial charge >= 0.3 is 0 Å². The van der Waals surface area contributed by atoms with Crippen molar-refractivity contribution in [2.45, 2.75) is 31.3 Å². The molecule has 0 aliphatic carbocycles. The third-order valence-electron chi connectivity index (χ3n) is 4.15. The van der Waals surface area contributed by atoms with E-state index in [9.17, 15) is 4.79 Å². The molecule has 0 saturated carbocycles. The average Bonchev–Trinajstić information content (AvgIpc) is 3.21. The molecule has 3 heterocycles. The number of benzene rings is 1. The fourth-order valence-electron chi connectivity index (χ4n) is 2.77. The Kier molecular flexibility index (Phi) is 4.75. The van der Waals surface area contributed by atoms with E-state index in [1.807, 2.05) is 36.6 Å². The normalized spacial score (nSPS) is 11.4. The number of aromatic nitrogens is 5. The molecule has 1 aromatic carbocycles. The van der Waals surface area contributed by atoms with Gasteiger partial charge in [-0.2, -0.15) is 0 Å². The fraction of sp³-hybridized carbons (Fsp3) is 0.222. The molecular weight excluding hydrogens is 386 g/mol. The summed E-state index contributed by atoms with van der Waals surface area (Å²) in [6.07, 6.45) is 1.39. The molecule has 0 aliphatic rings. The predicted molar refractivity (Wildman–Crippen MR) is 105 cm³/mol. The number of nitrogens with zero attached hydrogens (tertiary/aromatic N) is 4. The maximum atomic E-state index is 12.0. The van der Waals surface area contributed by atoms with Crippen molar-refractivity contribution in [1.82, 2.24) is 24.5 Å². The second-order valence-electron chi connectivity index (χ2n) is 5.83. The maximum absolute atomic E-state index is 12.0. The first-order chi connectivity index (χ1) is 13.1. The van der Waals surface area contributed by atoms with Gasteiger partial charge in [-0.3, -0.25) is 4.79 Å². The van der Waals surface area contributed by atoms with E-state index in [2.05, 4.69) is 19.9 Å². The van der Waals surface area contributed by atoms with E-state index in [0.717, 1.165) is 22.2 Å². The SMILES string of the molecule is CCn1c(SCc2nc(-c3ccccc3Cl)oc2C)nc2c(=O)[nH]cnc21. The van der Waals surface area contributed by atoms with Crippen molar-refractivity contribution in [3.63, 3.8) is 0 Å². The van der Waals surface area contributed by atoms with Crippen LogP contribution in [0.5, 0.6) is 0 Å². The lowest BCUT2D eigenvalue weighted by Gasteiger charge is -2.03. The lowest BCUT2D eigenvalue weighted by atomic mass is 10.2. The summed E-state index contributed by atoms with van der Waals surface area (Å²) < 4.78 is 7.72. The number of aryl methyl sites for hydroxylation is 2. The van der Waals surface area contributed by atoms with Gasteiger partial charge in [-0.15, -0.1) is 0 Å². The van der Waals surface area contributed by atoms with Crippen LogP contribution in [0.15, 0.2) is 45.0 Å². The van der Waals surface area contributed by atoms with Crippen molar-refractivity contribution in [3.8, 4) is 11.5 Å². The number of oxazole rings is 1. The van der Waals surface area contributed by atoms with Gasteiger partial charge < -0.3 is 14.0 Å². The number of hydrogen-bond donors (Lipinski definition) is 1. The number of aromatic amines is 1. The number of rotatable bonds is 5. The Hall–Kier alpha value is -2.58. The van der Waals surface area contributed by atoms with E-state index in [4.69, 9.17) is 16.0 Å². The first-order valence-electron chi connectivity index (χ1n) is 8.36. The minimum absolute atomic E-state index is 0.243. The van der Waals surface area contributed by atoms with Gasteiger partial charge in [0, 0.05) is 12.3 Å². The maximum Gasteiger partial charge on any atom is 0.278 e. The van der Waals surface area contributed by atoms with Crippen molar-refractivity contribution in [2.24, 2.45) is 0 Å². The molecule has 0 aliphatic heterocycles. The number of imidazole rings is 1. The third kappa shape index (κ3) is 3.26. The Balaban J connectivity index is 1.63. The van der Waals surface area contributed by atoms with Crippen LogP contribution in [0.1, 0.15) is 18.4 Å². The predicted octanol–water partition coefficient (Wildman–Crippen LogP) is 4.05. The molecule has 0 spiro atoms. The Morgan fingerprint density at radius 1 is 1.30 bits per heavy atom. The lowest BCUT2D eigenvalue weighted by Crippen LogP contribution is -2.07. The minimum atomic E-state index is -0.243. The van der Waals surface area contributed by atoms with Crippen LogP contribution in [0.25, 0.3) is 22.6 Å². The number of fused-ring (bicyclic) bond motifs is 1. The van der Waals surface area contributed by atoms with Gasteiger partial charge in [-0.05, 0) is 26.0 Å². The average molecular weight is 402 g/mol. The Morgan fingerprint density at radius 2 is 2.11 bits per heavy atom. The molecule has 0 atom stereocenters. The molecule has 1 N–H and O–H groups in total. The quantitative estimate of drug-likeness (QED) is 0.507. The summed E-state index contributed by atoms with van der Waals surface area (Å²) in [5, 5.41) is 1.31. The van der Waals surface area contributed by atoms with Crippen molar-refractivity contribution in [2.75, 3.05) is 0 Å². The van der Waals surface area contributed by atoms with Gasteiger partial charge in [-0.25, -0.2) is 15.0 Å². The number of nitrogens with one attached hydrogen (secondary N) is 1. The van der Waals surface area contributed by atoms with Crippen molar-refractivity contribution in [3.05, 3.63) is 57.4 Å². The van der Waals surface area contributed by atoms with Gasteiger partial charge in [0.15, 0.2) is 16.3 Å². The van der Waals surface area contributed by atoms with Crippen LogP contribution in [0.4, 0.5) is 0 Å². The zero-order valence-corrected chi connectivity index (χ0v) is 16.3. The molecule has 138 valence electrons. The molecule has 0 fully saturated rings. The highest BCUT2D eigenvalue weighted by Crippen LogP contribution is 2.31. The monoisotopic (exact) mass is 401 g/mol. The van der Waals surface area contributed by atoms with Crippen molar-refractivity contribution >= 4 is 34.5 Å². The molecule has 7 nitrogen and oxygen atoms in total. The largest absolute Gasteiger partial charge is 0.441 e. The van der Waals surface area contributed by atoms with E-state index in [0.29, 0.717) is 34.4 Å². The number of H-pyrrole nitrogens is 1. The third-order valence-corrected chi connectivity index (χ3v) is 5.47. The van der Waals surface area contributed by atoms with E-state index < -0.39 is 0 Å². The molecule has 0 radical (unpaired) electrons. The van der Waals surface area contributed by atoms with Crippen molar-refractivity contribution in [1.29, 1.82) is 0 Å². The van der Waals surface area contributed by atoms with Gasteiger partial charge in [0.05, 0.1) is 22.6 Å². The van der Waals surface area contributed by atoms with Crippen LogP contribution in [0.2, 0.25) is 5.02 Å². The fourth-order valence-corrected chi connectivity index (χ4v) is 4.05. The molecular formula is C18H16ClN5O2S. The topological polar surface area (TPSA) is 89.6 Å². The van der Waals surface area contributed by atoms with Crippen LogP contribution >= 0.6 is 23.4 Å². The molecule has 4 rings (SSSR count). The zero-order valence-electron chi connectivity index (χ0n) is 14.7. The molecule has 0 saturated heterocycles. The van der Waals surface area contributed by atoms with Gasteiger partial charge in [0.2, 0.25) is 5.89 Å². The molecule has 3 aromatic heterocycles. The molecule has 0 bridgehead atoms. The summed E-state index contributed by atoms with van der Waals surface area (Å²) in [7, 11) is 0. The highest BCUT2D eigenvalue weighted by molar-refractivity contribution is 7.98. The zero-order chi connectivity index (χ0) is 19.0. The lowest BCUT2D eigenvalue weighted by molar-refractivity contribution is 0.540. The van der Waals surface area contributed by atoms with Gasteiger partial charge in [0.1, 0.15) is 5.76 Å². The van der Waals surface area contributed by atoms with Crippen LogP contribution < -0.4 is 5.56 Å². The number of halogens is 1. The standard InChI is InChI=1S/C18H16ClN5O2S/c1-3-24-15-14(16(25)21-9-20-15)23-18(24)27-8-13-10(2)26-17(22-13)11-6-4-5-7-12(11)19/h4-7,9H,3,8H2,1-2H3,(H,20,21,25). The van der Waals surface area contributed by atoms with E-state index in [-0.39, 0.29) is 5.56 Å². The Labute approximate surface area is 163 Å². The van der Waals surface area contributed by atoms with E-state index in [1.165, 1.54) is 18.1 Å². The van der Waals surface area contributed by atoms with Gasteiger partial charge in [0.25, 0.3) is 5.56 Å². The summed E-state index contributed by atoms with van der Waals surface area (Å²) in [4.78, 5) is 27.8. The molecule has 0 amide bonds. The molecule has 9 heteroatoms. The first-order valence-corrected chi connectivity index (χ1v) is 9.72. The second-order valence-corrected chi connectivity index (χ2v) is 7.18. The van der Waals surface area contributed by atoms with Crippen molar-refractivity contribution < 1.29 is 4.42 Å². The second kappa shape index (κ2) is 7.21. The van der Waals surface area contributed by atoms with Crippen LogP contribution in [0.3, 0.4) is 0 Å². The van der Waals surface area contributed by atoms with Gasteiger partial charge in [-0.1, -0.05) is 35.5 Å². The molecule has 4 aromatic rings. The Bertz CT molecular complexity index is 1180. The molecule has 27 heavy (non-hydrogen) atoms. The summed E-state index contributed by atoms with van der Waals surface area (Å²) in [5.41, 5.74) is 2.25. The smallest absolute Gasteiger partial charge is 0.278 e. The summed E-state index contributed by atoms with van der Waals surface area (Å²) >= 11 is 7.72.